The van der Waals surface area contributed by atoms with Crippen LogP contribution >= 0.6 is 0 Å². The van der Waals surface area contributed by atoms with Crippen molar-refractivity contribution in [2.45, 2.75) is 77.0 Å². The van der Waals surface area contributed by atoms with Gasteiger partial charge in [-0.3, -0.25) is 4.57 Å². The summed E-state index contributed by atoms with van der Waals surface area (Å²) in [6.07, 6.45) is 7.09. The molecule has 1 saturated carbocycles. The molecule has 0 amide bonds. The summed E-state index contributed by atoms with van der Waals surface area (Å²) < 4.78 is 30.6. The molecule has 3 N–H and O–H groups in total. The summed E-state index contributed by atoms with van der Waals surface area (Å²) in [5.74, 6) is -0.557. The maximum Gasteiger partial charge on any atom is 0.224 e. The van der Waals surface area contributed by atoms with Crippen molar-refractivity contribution in [2.24, 2.45) is 0 Å². The summed E-state index contributed by atoms with van der Waals surface area (Å²) >= 11 is 0. The molecule has 0 radical (unpaired) electrons. The molecule has 0 saturated heterocycles. The Bertz CT molecular complexity index is 1040. The molecule has 2 aromatic heterocycles. The maximum atomic E-state index is 14.3. The van der Waals surface area contributed by atoms with E-state index in [-0.39, 0.29) is 23.9 Å². The van der Waals surface area contributed by atoms with Crippen molar-refractivity contribution in [3.05, 3.63) is 36.0 Å². The van der Waals surface area contributed by atoms with Crippen LogP contribution in [0.4, 0.5) is 26.4 Å². The number of aromatic nitrogens is 4. The fourth-order valence-corrected chi connectivity index (χ4v) is 4.35. The molecule has 7 nitrogen and oxygen atoms in total. The summed E-state index contributed by atoms with van der Waals surface area (Å²) in [5.41, 5.74) is 0.902. The van der Waals surface area contributed by atoms with Crippen molar-refractivity contribution in [3.63, 3.8) is 0 Å². The van der Waals surface area contributed by atoms with E-state index in [1.54, 1.807) is 6.20 Å². The number of nitrogens with zero attached hydrogens (tertiary/aromatic N) is 4. The van der Waals surface area contributed by atoms with Crippen molar-refractivity contribution in [1.29, 1.82) is 0 Å². The van der Waals surface area contributed by atoms with Gasteiger partial charge in [-0.25, -0.2) is 18.7 Å². The summed E-state index contributed by atoms with van der Waals surface area (Å²) in [6, 6.07) is 4.00. The highest BCUT2D eigenvalue weighted by atomic mass is 19.1. The normalized spacial score (nSPS) is 19.8. The summed E-state index contributed by atoms with van der Waals surface area (Å²) in [5, 5.41) is 16.2. The van der Waals surface area contributed by atoms with Crippen molar-refractivity contribution >= 4 is 28.7 Å². The van der Waals surface area contributed by atoms with Gasteiger partial charge in [-0.15, -0.1) is 0 Å². The van der Waals surface area contributed by atoms with Gasteiger partial charge in [-0.05, 0) is 50.7 Å². The van der Waals surface area contributed by atoms with Gasteiger partial charge in [0, 0.05) is 12.1 Å². The SMILES string of the molecule is CCCC(CC)Nc1ncc2nc(Nc3c(F)cccc3F)n(C3CCC(O)CC3)c2n1. The lowest BCUT2D eigenvalue weighted by Gasteiger charge is -2.28. The number of anilines is 3. The number of rotatable bonds is 8. The second kappa shape index (κ2) is 9.77. The summed E-state index contributed by atoms with van der Waals surface area (Å²) in [4.78, 5) is 13.7. The molecule has 1 aliphatic rings. The first-order valence-corrected chi connectivity index (χ1v) is 11.4. The molecule has 1 aromatic carbocycles. The fourth-order valence-electron chi connectivity index (χ4n) is 4.35. The standard InChI is InChI=1S/C23H30F2N6O/c1-3-6-14(4-2)27-22-26-13-19-21(30-22)31(15-9-11-16(32)12-10-15)23(28-19)29-20-17(24)7-5-8-18(20)25/h5,7-8,13-16,32H,3-4,6,9-12H2,1-2H3,(H,28,29)(H,26,27,30). The molecule has 3 aromatic rings. The van der Waals surface area contributed by atoms with E-state index < -0.39 is 11.6 Å². The van der Waals surface area contributed by atoms with Crippen LogP contribution in [0.15, 0.2) is 24.4 Å². The molecule has 9 heteroatoms. The molecule has 2 heterocycles. The molecule has 4 rings (SSSR count). The minimum absolute atomic E-state index is 0.00102. The Labute approximate surface area is 186 Å². The largest absolute Gasteiger partial charge is 0.393 e. The first-order valence-electron chi connectivity index (χ1n) is 11.4. The molecule has 1 aliphatic carbocycles. The van der Waals surface area contributed by atoms with E-state index in [2.05, 4.69) is 34.4 Å². The minimum atomic E-state index is -0.693. The van der Waals surface area contributed by atoms with E-state index in [0.717, 1.165) is 32.1 Å². The molecule has 0 spiro atoms. The van der Waals surface area contributed by atoms with Crippen LogP contribution in [0.5, 0.6) is 0 Å². The predicted octanol–water partition coefficient (Wildman–Crippen LogP) is 5.31. The van der Waals surface area contributed by atoms with E-state index in [0.29, 0.717) is 35.9 Å². The number of fused-ring (bicyclic) bond motifs is 1. The molecular formula is C23H30F2N6O. The predicted molar refractivity (Wildman–Crippen MR) is 121 cm³/mol. The molecule has 1 atom stereocenters. The smallest absolute Gasteiger partial charge is 0.224 e. The van der Waals surface area contributed by atoms with Crippen molar-refractivity contribution in [1.82, 2.24) is 19.5 Å². The number of para-hydroxylation sites is 1. The Morgan fingerprint density at radius 2 is 1.84 bits per heavy atom. The molecular weight excluding hydrogens is 414 g/mol. The quantitative estimate of drug-likeness (QED) is 0.436. The lowest BCUT2D eigenvalue weighted by atomic mass is 9.93. The van der Waals surface area contributed by atoms with Crippen LogP contribution in [0.3, 0.4) is 0 Å². The molecule has 1 fully saturated rings. The highest BCUT2D eigenvalue weighted by molar-refractivity contribution is 5.76. The van der Waals surface area contributed by atoms with Gasteiger partial charge in [-0.1, -0.05) is 26.3 Å². The van der Waals surface area contributed by atoms with Gasteiger partial charge in [0.1, 0.15) is 22.8 Å². The Morgan fingerprint density at radius 1 is 1.12 bits per heavy atom. The number of hydrogen-bond donors (Lipinski definition) is 3. The number of benzene rings is 1. The average molecular weight is 445 g/mol. The number of hydrogen-bond acceptors (Lipinski definition) is 6. The van der Waals surface area contributed by atoms with Gasteiger partial charge in [0.2, 0.25) is 11.9 Å². The lowest BCUT2D eigenvalue weighted by Crippen LogP contribution is -2.23. The van der Waals surface area contributed by atoms with Crippen LogP contribution in [0, 0.1) is 11.6 Å². The molecule has 0 bridgehead atoms. The first-order chi connectivity index (χ1) is 15.5. The Hall–Kier alpha value is -2.81. The number of halogens is 2. The molecule has 0 aliphatic heterocycles. The van der Waals surface area contributed by atoms with E-state index in [1.165, 1.54) is 18.2 Å². The second-order valence-electron chi connectivity index (χ2n) is 8.43. The van der Waals surface area contributed by atoms with Crippen LogP contribution in [0.25, 0.3) is 11.2 Å². The van der Waals surface area contributed by atoms with Crippen molar-refractivity contribution in [3.8, 4) is 0 Å². The van der Waals surface area contributed by atoms with Crippen molar-refractivity contribution < 1.29 is 13.9 Å². The Kier molecular flexibility index (Phi) is 6.83. The zero-order valence-corrected chi connectivity index (χ0v) is 18.5. The molecule has 32 heavy (non-hydrogen) atoms. The second-order valence-corrected chi connectivity index (χ2v) is 8.43. The first kappa shape index (κ1) is 22.4. The zero-order chi connectivity index (χ0) is 22.7. The Morgan fingerprint density at radius 3 is 2.50 bits per heavy atom. The van der Waals surface area contributed by atoms with Gasteiger partial charge < -0.3 is 15.7 Å². The van der Waals surface area contributed by atoms with Crippen LogP contribution in [-0.2, 0) is 0 Å². The van der Waals surface area contributed by atoms with Gasteiger partial charge in [0.05, 0.1) is 12.3 Å². The van der Waals surface area contributed by atoms with Crippen LogP contribution < -0.4 is 10.6 Å². The summed E-state index contributed by atoms with van der Waals surface area (Å²) in [6.45, 7) is 4.26. The molecule has 172 valence electrons. The molecule has 1 unspecified atom stereocenters. The third-order valence-electron chi connectivity index (χ3n) is 6.13. The lowest BCUT2D eigenvalue weighted by molar-refractivity contribution is 0.112. The zero-order valence-electron chi connectivity index (χ0n) is 18.5. The van der Waals surface area contributed by atoms with Gasteiger partial charge in [-0.2, -0.15) is 4.98 Å². The van der Waals surface area contributed by atoms with E-state index >= 15 is 0 Å². The highest BCUT2D eigenvalue weighted by Gasteiger charge is 2.27. The van der Waals surface area contributed by atoms with Gasteiger partial charge in [0.25, 0.3) is 0 Å². The van der Waals surface area contributed by atoms with Gasteiger partial charge >= 0.3 is 0 Å². The van der Waals surface area contributed by atoms with Crippen LogP contribution in [-0.4, -0.2) is 36.8 Å². The number of nitrogens with one attached hydrogen (secondary N) is 2. The number of aliphatic hydroxyl groups excluding tert-OH is 1. The number of imidazole rings is 1. The van der Waals surface area contributed by atoms with E-state index in [9.17, 15) is 13.9 Å². The maximum absolute atomic E-state index is 14.3. The van der Waals surface area contributed by atoms with Crippen LogP contribution in [0.1, 0.15) is 64.8 Å². The topological polar surface area (TPSA) is 87.9 Å². The monoisotopic (exact) mass is 444 g/mol. The minimum Gasteiger partial charge on any atom is -0.393 e. The third kappa shape index (κ3) is 4.67. The third-order valence-corrected chi connectivity index (χ3v) is 6.13. The average Bonchev–Trinajstić information content (AvgIpc) is 3.14. The Balaban J connectivity index is 1.75. The van der Waals surface area contributed by atoms with E-state index in [4.69, 9.17) is 4.98 Å². The summed E-state index contributed by atoms with van der Waals surface area (Å²) in [7, 11) is 0. The van der Waals surface area contributed by atoms with Gasteiger partial charge in [0.15, 0.2) is 5.65 Å². The number of aliphatic hydroxyl groups is 1. The van der Waals surface area contributed by atoms with Crippen molar-refractivity contribution in [2.75, 3.05) is 10.6 Å². The fraction of sp³-hybridized carbons (Fsp3) is 0.522. The highest BCUT2D eigenvalue weighted by Crippen LogP contribution is 2.35. The van der Waals surface area contributed by atoms with Crippen LogP contribution in [0.2, 0.25) is 0 Å². The van der Waals surface area contributed by atoms with E-state index in [1.807, 2.05) is 4.57 Å².